The molecule has 1 saturated heterocycles. The van der Waals surface area contributed by atoms with Crippen molar-refractivity contribution in [3.05, 3.63) is 54.3 Å². The largest absolute Gasteiger partial charge is 0.497 e. The zero-order chi connectivity index (χ0) is 22.7. The van der Waals surface area contributed by atoms with Crippen molar-refractivity contribution >= 4 is 21.5 Å². The van der Waals surface area contributed by atoms with Gasteiger partial charge in [-0.05, 0) is 74.2 Å². The minimum Gasteiger partial charge on any atom is -0.497 e. The minimum atomic E-state index is -3.87. The van der Waals surface area contributed by atoms with Crippen molar-refractivity contribution in [1.82, 2.24) is 4.90 Å². The summed E-state index contributed by atoms with van der Waals surface area (Å²) in [6, 6.07) is 11.6. The highest BCUT2D eigenvalue weighted by Gasteiger charge is 2.37. The number of ketones is 1. The number of halogens is 1. The van der Waals surface area contributed by atoms with Crippen LogP contribution in [0.5, 0.6) is 5.75 Å². The van der Waals surface area contributed by atoms with Crippen LogP contribution < -0.4 is 9.04 Å². The smallest absolute Gasteiger partial charge is 0.264 e. The van der Waals surface area contributed by atoms with E-state index in [-0.39, 0.29) is 17.0 Å². The highest BCUT2D eigenvalue weighted by Crippen LogP contribution is 2.32. The molecule has 1 saturated carbocycles. The number of anilines is 1. The Labute approximate surface area is 189 Å². The summed E-state index contributed by atoms with van der Waals surface area (Å²) in [6.45, 7) is 1.33. The van der Waals surface area contributed by atoms with Crippen LogP contribution in [0.3, 0.4) is 0 Å². The van der Waals surface area contributed by atoms with Crippen molar-refractivity contribution in [3.8, 4) is 5.75 Å². The Morgan fingerprint density at radius 1 is 0.969 bits per heavy atom. The Hall–Kier alpha value is -2.45. The average Bonchev–Trinajstić information content (AvgIpc) is 2.81. The maximum Gasteiger partial charge on any atom is 0.264 e. The van der Waals surface area contributed by atoms with Gasteiger partial charge in [0.2, 0.25) is 0 Å². The van der Waals surface area contributed by atoms with Crippen molar-refractivity contribution in [2.45, 2.75) is 55.5 Å². The monoisotopic (exact) mass is 460 g/mol. The number of likely N-dealkylation sites (tertiary alicyclic amines) is 1. The van der Waals surface area contributed by atoms with Crippen molar-refractivity contribution in [3.63, 3.8) is 0 Å². The molecule has 1 heterocycles. The molecule has 6 nitrogen and oxygen atoms in total. The van der Waals surface area contributed by atoms with E-state index in [1.54, 1.807) is 12.1 Å². The lowest BCUT2D eigenvalue weighted by atomic mass is 9.91. The first kappa shape index (κ1) is 22.7. The fourth-order valence-electron chi connectivity index (χ4n) is 4.78. The van der Waals surface area contributed by atoms with Gasteiger partial charge in [0.05, 0.1) is 23.7 Å². The number of methoxy groups -OCH3 is 1. The van der Waals surface area contributed by atoms with E-state index in [2.05, 4.69) is 4.90 Å². The number of nitrogens with zero attached hydrogens (tertiary/aromatic N) is 2. The lowest BCUT2D eigenvalue weighted by molar-refractivity contribution is -0.126. The van der Waals surface area contributed by atoms with Crippen LogP contribution in [-0.2, 0) is 14.8 Å². The first-order valence-corrected chi connectivity index (χ1v) is 12.5. The molecule has 0 aromatic heterocycles. The number of rotatable bonds is 6. The molecule has 1 unspecified atom stereocenters. The highest BCUT2D eigenvalue weighted by atomic mass is 32.2. The molecule has 0 radical (unpaired) electrons. The molecule has 2 aromatic carbocycles. The second-order valence-corrected chi connectivity index (χ2v) is 10.3. The normalized spacial score (nSPS) is 20.8. The SMILES string of the molecule is COc1ccc(S(=O)(=O)N(c2ccc(F)cc2)C2CCN(C3CCCCC3=O)CC2)cc1. The number of carbonyl (C=O) groups excluding carboxylic acids is 1. The lowest BCUT2D eigenvalue weighted by Crippen LogP contribution is -2.52. The summed E-state index contributed by atoms with van der Waals surface area (Å²) in [5, 5.41) is 0. The van der Waals surface area contributed by atoms with E-state index in [9.17, 15) is 17.6 Å². The third-order valence-corrected chi connectivity index (χ3v) is 8.39. The molecule has 1 aliphatic heterocycles. The quantitative estimate of drug-likeness (QED) is 0.652. The second kappa shape index (κ2) is 9.58. The second-order valence-electron chi connectivity index (χ2n) is 8.45. The van der Waals surface area contributed by atoms with Crippen molar-refractivity contribution < 1.29 is 22.3 Å². The molecule has 0 spiro atoms. The van der Waals surface area contributed by atoms with Crippen molar-refractivity contribution in [1.29, 1.82) is 0 Å². The molecule has 1 atom stereocenters. The molecule has 8 heteroatoms. The first-order valence-electron chi connectivity index (χ1n) is 11.1. The van der Waals surface area contributed by atoms with Crippen LogP contribution in [0.1, 0.15) is 38.5 Å². The lowest BCUT2D eigenvalue weighted by Gasteiger charge is -2.42. The Morgan fingerprint density at radius 2 is 1.62 bits per heavy atom. The van der Waals surface area contributed by atoms with E-state index < -0.39 is 15.8 Å². The molecule has 172 valence electrons. The summed E-state index contributed by atoms with van der Waals surface area (Å²) in [4.78, 5) is 14.7. The Balaban J connectivity index is 1.60. The van der Waals surface area contributed by atoms with Gasteiger partial charge in [-0.15, -0.1) is 0 Å². The minimum absolute atomic E-state index is 0.0397. The van der Waals surface area contributed by atoms with E-state index in [1.165, 1.54) is 47.8 Å². The summed E-state index contributed by atoms with van der Waals surface area (Å²) in [5.41, 5.74) is 0.439. The summed E-state index contributed by atoms with van der Waals surface area (Å²) in [5.74, 6) is 0.458. The molecule has 1 aliphatic carbocycles. The molecule has 0 bridgehead atoms. The maximum absolute atomic E-state index is 13.7. The van der Waals surface area contributed by atoms with Crippen LogP contribution >= 0.6 is 0 Å². The van der Waals surface area contributed by atoms with Crippen molar-refractivity contribution in [2.24, 2.45) is 0 Å². The highest BCUT2D eigenvalue weighted by molar-refractivity contribution is 7.92. The van der Waals surface area contributed by atoms with Crippen molar-refractivity contribution in [2.75, 3.05) is 24.5 Å². The van der Waals surface area contributed by atoms with Gasteiger partial charge in [-0.25, -0.2) is 12.8 Å². The topological polar surface area (TPSA) is 66.9 Å². The summed E-state index contributed by atoms with van der Waals surface area (Å²) < 4.78 is 47.5. The predicted octanol–water partition coefficient (Wildman–Crippen LogP) is 4.01. The molecular weight excluding hydrogens is 431 g/mol. The molecule has 0 amide bonds. The summed E-state index contributed by atoms with van der Waals surface area (Å²) in [6.07, 6.45) is 4.76. The molecule has 32 heavy (non-hydrogen) atoms. The Kier molecular flexibility index (Phi) is 6.81. The number of benzene rings is 2. The van der Waals surface area contributed by atoms with Crippen LogP contribution in [0.15, 0.2) is 53.4 Å². The summed E-state index contributed by atoms with van der Waals surface area (Å²) >= 11 is 0. The van der Waals surface area contributed by atoms with Crippen LogP contribution in [0.2, 0.25) is 0 Å². The van der Waals surface area contributed by atoms with E-state index in [0.29, 0.717) is 49.6 Å². The van der Waals surface area contributed by atoms with Gasteiger partial charge in [0.1, 0.15) is 17.3 Å². The first-order chi connectivity index (χ1) is 15.4. The molecule has 4 rings (SSSR count). The molecule has 0 N–H and O–H groups in total. The van der Waals surface area contributed by atoms with Gasteiger partial charge in [-0.2, -0.15) is 0 Å². The number of carbonyl (C=O) groups is 1. The number of sulfonamides is 1. The van der Waals surface area contributed by atoms with Crippen LogP contribution in [0.4, 0.5) is 10.1 Å². The summed E-state index contributed by atoms with van der Waals surface area (Å²) in [7, 11) is -2.35. The number of Topliss-reactive ketones (excluding diaryl/α,β-unsaturated/α-hetero) is 1. The van der Waals surface area contributed by atoms with E-state index >= 15 is 0 Å². The third kappa shape index (κ3) is 4.66. The number of hydrogen-bond acceptors (Lipinski definition) is 5. The number of hydrogen-bond donors (Lipinski definition) is 0. The van der Waals surface area contributed by atoms with E-state index in [1.807, 2.05) is 0 Å². The van der Waals surface area contributed by atoms with Crippen LogP contribution in [-0.4, -0.2) is 51.4 Å². The molecular formula is C24H29FN2O4S. The van der Waals surface area contributed by atoms with Crippen LogP contribution in [0.25, 0.3) is 0 Å². The fourth-order valence-corrected chi connectivity index (χ4v) is 6.49. The van der Waals surface area contributed by atoms with E-state index in [4.69, 9.17) is 4.74 Å². The van der Waals surface area contributed by atoms with Gasteiger partial charge >= 0.3 is 0 Å². The predicted molar refractivity (Wildman–Crippen MR) is 121 cm³/mol. The average molecular weight is 461 g/mol. The van der Waals surface area contributed by atoms with Crippen LogP contribution in [0, 0.1) is 5.82 Å². The number of ether oxygens (including phenoxy) is 1. The third-order valence-electron chi connectivity index (χ3n) is 6.49. The molecule has 2 fully saturated rings. The Bertz CT molecular complexity index is 1030. The van der Waals surface area contributed by atoms with E-state index in [0.717, 1.165) is 19.3 Å². The number of piperidine rings is 1. The fraction of sp³-hybridized carbons (Fsp3) is 0.458. The van der Waals surface area contributed by atoms with Gasteiger partial charge in [0, 0.05) is 25.6 Å². The van der Waals surface area contributed by atoms with Gasteiger partial charge in [0.25, 0.3) is 10.0 Å². The Morgan fingerprint density at radius 3 is 2.22 bits per heavy atom. The van der Waals surface area contributed by atoms with Gasteiger partial charge in [-0.3, -0.25) is 14.0 Å². The molecule has 2 aliphatic rings. The maximum atomic E-state index is 13.7. The zero-order valence-electron chi connectivity index (χ0n) is 18.2. The van der Waals surface area contributed by atoms with Gasteiger partial charge in [0.15, 0.2) is 0 Å². The van der Waals surface area contributed by atoms with Gasteiger partial charge < -0.3 is 4.74 Å². The van der Waals surface area contributed by atoms with Gasteiger partial charge in [-0.1, -0.05) is 6.42 Å². The molecule has 2 aromatic rings. The standard InChI is InChI=1S/C24H29FN2O4S/c1-31-21-10-12-22(13-11-21)32(29,30)27(19-8-6-18(25)7-9-19)20-14-16-26(17-15-20)23-4-2-3-5-24(23)28/h6-13,20,23H,2-5,14-17H2,1H3. The zero-order valence-corrected chi connectivity index (χ0v) is 19.1.